The van der Waals surface area contributed by atoms with Gasteiger partial charge in [-0.15, -0.1) is 0 Å². The SMILES string of the molecule is COCCCOCCOc1cc(S(N)(=O)=O)ccc1N. The van der Waals surface area contributed by atoms with Gasteiger partial charge in [-0.1, -0.05) is 0 Å². The monoisotopic (exact) mass is 304 g/mol. The van der Waals surface area contributed by atoms with Crippen LogP contribution < -0.4 is 15.6 Å². The maximum Gasteiger partial charge on any atom is 0.238 e. The summed E-state index contributed by atoms with van der Waals surface area (Å²) in [5.74, 6) is 0.275. The minimum absolute atomic E-state index is 0.0392. The van der Waals surface area contributed by atoms with Crippen LogP contribution in [0, 0.1) is 0 Å². The van der Waals surface area contributed by atoms with Crippen LogP contribution >= 0.6 is 0 Å². The van der Waals surface area contributed by atoms with Crippen molar-refractivity contribution >= 4 is 15.7 Å². The van der Waals surface area contributed by atoms with Gasteiger partial charge in [-0.2, -0.15) is 0 Å². The lowest BCUT2D eigenvalue weighted by Gasteiger charge is -2.10. The van der Waals surface area contributed by atoms with Crippen LogP contribution in [-0.2, 0) is 19.5 Å². The summed E-state index contributed by atoms with van der Waals surface area (Å²) < 4.78 is 38.0. The van der Waals surface area contributed by atoms with Crippen LogP contribution in [0.2, 0.25) is 0 Å². The molecule has 0 unspecified atom stereocenters. The van der Waals surface area contributed by atoms with Crippen molar-refractivity contribution in [3.8, 4) is 5.75 Å². The summed E-state index contributed by atoms with van der Waals surface area (Å²) in [6.07, 6.45) is 0.805. The van der Waals surface area contributed by atoms with E-state index in [4.69, 9.17) is 25.1 Å². The lowest BCUT2D eigenvalue weighted by molar-refractivity contribution is 0.0808. The molecule has 8 heteroatoms. The van der Waals surface area contributed by atoms with Crippen molar-refractivity contribution in [2.45, 2.75) is 11.3 Å². The van der Waals surface area contributed by atoms with E-state index in [1.807, 2.05) is 0 Å². The van der Waals surface area contributed by atoms with Crippen molar-refractivity contribution in [1.82, 2.24) is 0 Å². The first-order valence-electron chi connectivity index (χ1n) is 6.07. The summed E-state index contributed by atoms with van der Waals surface area (Å²) >= 11 is 0. The van der Waals surface area contributed by atoms with E-state index in [1.165, 1.54) is 18.2 Å². The molecule has 0 aromatic heterocycles. The molecule has 0 amide bonds. The number of nitrogens with two attached hydrogens (primary N) is 2. The highest BCUT2D eigenvalue weighted by Crippen LogP contribution is 2.24. The number of benzene rings is 1. The van der Waals surface area contributed by atoms with Crippen molar-refractivity contribution in [1.29, 1.82) is 0 Å². The molecule has 114 valence electrons. The van der Waals surface area contributed by atoms with Crippen molar-refractivity contribution in [3.05, 3.63) is 18.2 Å². The molecule has 0 aliphatic carbocycles. The Labute approximate surface area is 118 Å². The van der Waals surface area contributed by atoms with Gasteiger partial charge in [-0.3, -0.25) is 0 Å². The highest BCUT2D eigenvalue weighted by atomic mass is 32.2. The Kier molecular flexibility index (Phi) is 6.73. The number of rotatable bonds is 9. The van der Waals surface area contributed by atoms with E-state index in [2.05, 4.69) is 0 Å². The van der Waals surface area contributed by atoms with Gasteiger partial charge in [0.05, 0.1) is 17.2 Å². The van der Waals surface area contributed by atoms with Crippen molar-refractivity contribution in [2.24, 2.45) is 5.14 Å². The third-order valence-corrected chi connectivity index (χ3v) is 3.35. The van der Waals surface area contributed by atoms with Gasteiger partial charge < -0.3 is 19.9 Å². The molecule has 0 bridgehead atoms. The zero-order valence-corrected chi connectivity index (χ0v) is 12.2. The molecule has 0 spiro atoms. The number of nitrogen functional groups attached to an aromatic ring is 1. The Morgan fingerprint density at radius 2 is 1.90 bits per heavy atom. The van der Waals surface area contributed by atoms with Crippen LogP contribution in [0.15, 0.2) is 23.1 Å². The first kappa shape index (κ1) is 16.7. The molecule has 0 atom stereocenters. The van der Waals surface area contributed by atoms with E-state index >= 15 is 0 Å². The highest BCUT2D eigenvalue weighted by Gasteiger charge is 2.11. The average Bonchev–Trinajstić information content (AvgIpc) is 2.38. The zero-order chi connectivity index (χ0) is 15.0. The van der Waals surface area contributed by atoms with Crippen LogP contribution in [0.3, 0.4) is 0 Å². The van der Waals surface area contributed by atoms with Gasteiger partial charge in [0, 0.05) is 26.4 Å². The normalized spacial score (nSPS) is 11.5. The van der Waals surface area contributed by atoms with Crippen molar-refractivity contribution in [2.75, 3.05) is 39.3 Å². The summed E-state index contributed by atoms with van der Waals surface area (Å²) in [6, 6.07) is 4.07. The average molecular weight is 304 g/mol. The standard InChI is InChI=1S/C12H20N2O5S/c1-17-5-2-6-18-7-8-19-12-9-10(20(14,15)16)3-4-11(12)13/h3-4,9H,2,5-8,13H2,1H3,(H2,14,15,16). The molecule has 0 aliphatic rings. The predicted octanol–water partition coefficient (Wildman–Crippen LogP) is 0.348. The number of hydrogen-bond acceptors (Lipinski definition) is 6. The number of anilines is 1. The maximum atomic E-state index is 11.2. The summed E-state index contributed by atoms with van der Waals surface area (Å²) in [6.45, 7) is 1.86. The van der Waals surface area contributed by atoms with E-state index in [-0.39, 0.29) is 17.3 Å². The van der Waals surface area contributed by atoms with Gasteiger partial charge in [0.2, 0.25) is 10.0 Å². The molecule has 7 nitrogen and oxygen atoms in total. The summed E-state index contributed by atoms with van der Waals surface area (Å²) in [4.78, 5) is -0.0392. The van der Waals surface area contributed by atoms with E-state index in [0.717, 1.165) is 6.42 Å². The molecule has 0 radical (unpaired) electrons. The highest BCUT2D eigenvalue weighted by molar-refractivity contribution is 7.89. The van der Waals surface area contributed by atoms with Crippen LogP contribution in [0.1, 0.15) is 6.42 Å². The third kappa shape index (κ3) is 5.74. The smallest absolute Gasteiger partial charge is 0.238 e. The lowest BCUT2D eigenvalue weighted by Crippen LogP contribution is -2.13. The van der Waals surface area contributed by atoms with Gasteiger partial charge in [0.25, 0.3) is 0 Å². The first-order chi connectivity index (χ1) is 9.45. The third-order valence-electron chi connectivity index (χ3n) is 2.44. The number of primary sulfonamides is 1. The van der Waals surface area contributed by atoms with Gasteiger partial charge in [0.1, 0.15) is 12.4 Å². The van der Waals surface area contributed by atoms with Crippen LogP contribution in [-0.4, -0.2) is 42.0 Å². The number of ether oxygens (including phenoxy) is 3. The van der Waals surface area contributed by atoms with Gasteiger partial charge in [-0.05, 0) is 18.6 Å². The van der Waals surface area contributed by atoms with E-state index in [9.17, 15) is 8.42 Å². The lowest BCUT2D eigenvalue weighted by atomic mass is 10.3. The molecule has 1 rings (SSSR count). The van der Waals surface area contributed by atoms with Crippen LogP contribution in [0.5, 0.6) is 5.75 Å². The Balaban J connectivity index is 2.44. The molecule has 4 N–H and O–H groups in total. The van der Waals surface area contributed by atoms with Gasteiger partial charge >= 0.3 is 0 Å². The van der Waals surface area contributed by atoms with E-state index < -0.39 is 10.0 Å². The molecule has 0 saturated heterocycles. The van der Waals surface area contributed by atoms with Crippen molar-refractivity contribution < 1.29 is 22.6 Å². The first-order valence-corrected chi connectivity index (χ1v) is 7.61. The Hall–Kier alpha value is -1.35. The summed E-state index contributed by atoms with van der Waals surface area (Å²) in [5, 5.41) is 5.04. The predicted molar refractivity (Wildman–Crippen MR) is 75.0 cm³/mol. The fourth-order valence-corrected chi connectivity index (χ4v) is 1.96. The molecule has 0 saturated carbocycles. The molecule has 20 heavy (non-hydrogen) atoms. The van der Waals surface area contributed by atoms with Crippen LogP contribution in [0.4, 0.5) is 5.69 Å². The minimum atomic E-state index is -3.77. The molecule has 0 heterocycles. The van der Waals surface area contributed by atoms with Crippen molar-refractivity contribution in [3.63, 3.8) is 0 Å². The van der Waals surface area contributed by atoms with Gasteiger partial charge in [0.15, 0.2) is 0 Å². The van der Waals surface area contributed by atoms with E-state index in [0.29, 0.717) is 25.5 Å². The summed E-state index contributed by atoms with van der Waals surface area (Å²) in [7, 11) is -2.14. The van der Waals surface area contributed by atoms with Crippen LogP contribution in [0.25, 0.3) is 0 Å². The number of methoxy groups -OCH3 is 1. The molecular weight excluding hydrogens is 284 g/mol. The number of hydrogen-bond donors (Lipinski definition) is 2. The quantitative estimate of drug-likeness (QED) is 0.502. The fourth-order valence-electron chi connectivity index (χ4n) is 1.43. The Morgan fingerprint density at radius 3 is 2.55 bits per heavy atom. The second kappa shape index (κ2) is 8.05. The second-order valence-electron chi connectivity index (χ2n) is 4.05. The Bertz CT molecular complexity index is 519. The second-order valence-corrected chi connectivity index (χ2v) is 5.61. The fraction of sp³-hybridized carbons (Fsp3) is 0.500. The number of sulfonamides is 1. The molecular formula is C12H20N2O5S. The zero-order valence-electron chi connectivity index (χ0n) is 11.4. The van der Waals surface area contributed by atoms with E-state index in [1.54, 1.807) is 7.11 Å². The molecule has 1 aromatic rings. The van der Waals surface area contributed by atoms with Gasteiger partial charge in [-0.25, -0.2) is 13.6 Å². The summed E-state index contributed by atoms with van der Waals surface area (Å²) in [5.41, 5.74) is 6.04. The minimum Gasteiger partial charge on any atom is -0.489 e. The topological polar surface area (TPSA) is 114 Å². The Morgan fingerprint density at radius 1 is 1.15 bits per heavy atom. The largest absolute Gasteiger partial charge is 0.489 e. The molecule has 0 aliphatic heterocycles. The molecule has 0 fully saturated rings. The maximum absolute atomic E-state index is 11.2. The molecule has 1 aromatic carbocycles.